The Morgan fingerprint density at radius 3 is 2.49 bits per heavy atom. The van der Waals surface area contributed by atoms with Crippen LogP contribution in [0.5, 0.6) is 0 Å². The highest BCUT2D eigenvalue weighted by atomic mass is 32.2. The molecule has 3 N–H and O–H groups in total. The maximum Gasteiger partial charge on any atom is 0.238 e. The molecule has 39 heavy (non-hydrogen) atoms. The van der Waals surface area contributed by atoms with Crippen molar-refractivity contribution in [2.24, 2.45) is 5.92 Å². The van der Waals surface area contributed by atoms with Crippen LogP contribution in [-0.2, 0) is 19.6 Å². The SMILES string of the molecule is CC(C)CCS(=O)(=O)N[C@@H](CCC(=O)N1CCC[C@@H]1c1ccccc1)C(=O)N[C@H](C)c1nc2ccccc2[nH]1. The molecular weight excluding hydrogens is 514 g/mol. The number of nitrogens with zero attached hydrogens (tertiary/aromatic N) is 2. The number of carbonyl (C=O) groups excluding carboxylic acids is 2. The van der Waals surface area contributed by atoms with Crippen molar-refractivity contribution < 1.29 is 18.0 Å². The van der Waals surface area contributed by atoms with Gasteiger partial charge < -0.3 is 15.2 Å². The molecule has 0 saturated carbocycles. The highest BCUT2D eigenvalue weighted by Gasteiger charge is 2.32. The molecule has 1 aromatic heterocycles. The molecule has 2 amide bonds. The summed E-state index contributed by atoms with van der Waals surface area (Å²) in [5, 5.41) is 2.89. The van der Waals surface area contributed by atoms with Crippen LogP contribution in [0.25, 0.3) is 11.0 Å². The summed E-state index contributed by atoms with van der Waals surface area (Å²) in [5.74, 6) is 0.137. The van der Waals surface area contributed by atoms with Gasteiger partial charge in [-0.1, -0.05) is 56.3 Å². The molecule has 3 aromatic rings. The number of imidazole rings is 1. The minimum atomic E-state index is -3.72. The lowest BCUT2D eigenvalue weighted by Gasteiger charge is -2.26. The number of H-pyrrole nitrogens is 1. The highest BCUT2D eigenvalue weighted by molar-refractivity contribution is 7.89. The average Bonchev–Trinajstić information content (AvgIpc) is 3.58. The van der Waals surface area contributed by atoms with Crippen molar-refractivity contribution in [3.63, 3.8) is 0 Å². The van der Waals surface area contributed by atoms with E-state index in [1.54, 1.807) is 6.92 Å². The van der Waals surface area contributed by atoms with Crippen LogP contribution in [-0.4, -0.2) is 53.4 Å². The van der Waals surface area contributed by atoms with Crippen LogP contribution < -0.4 is 10.0 Å². The minimum absolute atomic E-state index is 0.00168. The standard InChI is InChI=1S/C29H39N5O4S/c1-20(2)17-19-39(37,38)33-25(29(36)30-21(3)28-31-23-12-7-8-13-24(23)32-28)15-16-27(35)34-18-9-14-26(34)22-10-5-4-6-11-22/h4-8,10-13,20-21,25-26,33H,9,14-19H2,1-3H3,(H,30,36)(H,31,32)/t21-,25+,26-/m1/s1. The van der Waals surface area contributed by atoms with E-state index in [1.807, 2.05) is 73.3 Å². The number of likely N-dealkylation sites (tertiary alicyclic amines) is 1. The number of sulfonamides is 1. The van der Waals surface area contributed by atoms with E-state index in [1.165, 1.54) is 0 Å². The lowest BCUT2D eigenvalue weighted by atomic mass is 10.0. The molecule has 0 aliphatic carbocycles. The maximum absolute atomic E-state index is 13.4. The first-order chi connectivity index (χ1) is 18.6. The Morgan fingerprint density at radius 1 is 1.05 bits per heavy atom. The normalized spacial score (nSPS) is 17.4. The molecule has 1 aliphatic rings. The smallest absolute Gasteiger partial charge is 0.238 e. The number of fused-ring (bicyclic) bond motifs is 1. The molecule has 0 radical (unpaired) electrons. The second kappa shape index (κ2) is 12.7. The molecule has 1 saturated heterocycles. The first kappa shape index (κ1) is 28.8. The quantitative estimate of drug-likeness (QED) is 0.310. The molecule has 3 atom stereocenters. The van der Waals surface area contributed by atoms with Gasteiger partial charge in [-0.05, 0) is 56.2 Å². The maximum atomic E-state index is 13.4. The number of carbonyl (C=O) groups is 2. The van der Waals surface area contributed by atoms with E-state index in [9.17, 15) is 18.0 Å². The van der Waals surface area contributed by atoms with Gasteiger partial charge >= 0.3 is 0 Å². The van der Waals surface area contributed by atoms with Crippen molar-refractivity contribution in [3.05, 3.63) is 66.0 Å². The third kappa shape index (κ3) is 7.67. The Kier molecular flexibility index (Phi) is 9.40. The van der Waals surface area contributed by atoms with Crippen LogP contribution in [0.4, 0.5) is 0 Å². The fraction of sp³-hybridized carbons (Fsp3) is 0.483. The van der Waals surface area contributed by atoms with E-state index in [-0.39, 0.29) is 36.5 Å². The van der Waals surface area contributed by atoms with Crippen LogP contribution in [0.2, 0.25) is 0 Å². The number of hydrogen-bond acceptors (Lipinski definition) is 5. The summed E-state index contributed by atoms with van der Waals surface area (Å²) in [6, 6.07) is 15.9. The van der Waals surface area contributed by atoms with Crippen molar-refractivity contribution in [1.82, 2.24) is 24.9 Å². The number of nitrogens with one attached hydrogen (secondary N) is 3. The van der Waals surface area contributed by atoms with E-state index in [2.05, 4.69) is 20.0 Å². The van der Waals surface area contributed by atoms with Crippen molar-refractivity contribution in [2.75, 3.05) is 12.3 Å². The monoisotopic (exact) mass is 553 g/mol. The van der Waals surface area contributed by atoms with Crippen LogP contribution >= 0.6 is 0 Å². The second-order valence-corrected chi connectivity index (χ2v) is 12.6. The molecule has 10 heteroatoms. The van der Waals surface area contributed by atoms with Gasteiger partial charge in [0.15, 0.2) is 0 Å². The Bertz CT molecular complexity index is 1340. The van der Waals surface area contributed by atoms with E-state index < -0.39 is 28.0 Å². The van der Waals surface area contributed by atoms with Crippen LogP contribution in [0, 0.1) is 5.92 Å². The van der Waals surface area contributed by atoms with Crippen molar-refractivity contribution in [2.45, 2.75) is 71.0 Å². The van der Waals surface area contributed by atoms with Crippen molar-refractivity contribution in [3.8, 4) is 0 Å². The van der Waals surface area contributed by atoms with Gasteiger partial charge in [-0.25, -0.2) is 18.1 Å². The Labute approximate surface area is 230 Å². The summed E-state index contributed by atoms with van der Waals surface area (Å²) in [6.45, 7) is 6.34. The molecule has 210 valence electrons. The summed E-state index contributed by atoms with van der Waals surface area (Å²) in [6.07, 6.45) is 2.40. The molecule has 1 aliphatic heterocycles. The number of rotatable bonds is 12. The van der Waals surface area contributed by atoms with E-state index >= 15 is 0 Å². The zero-order valence-electron chi connectivity index (χ0n) is 22.9. The molecule has 4 rings (SSSR count). The molecule has 0 spiro atoms. The van der Waals surface area contributed by atoms with Gasteiger partial charge in [0, 0.05) is 13.0 Å². The number of para-hydroxylation sites is 2. The van der Waals surface area contributed by atoms with Crippen LogP contribution in [0.1, 0.15) is 76.3 Å². The highest BCUT2D eigenvalue weighted by Crippen LogP contribution is 2.32. The fourth-order valence-corrected chi connectivity index (χ4v) is 6.53. The summed E-state index contributed by atoms with van der Waals surface area (Å²) in [4.78, 5) is 36.3. The van der Waals surface area contributed by atoms with Gasteiger partial charge in [0.25, 0.3) is 0 Å². The molecule has 2 aromatic carbocycles. The molecule has 9 nitrogen and oxygen atoms in total. The van der Waals surface area contributed by atoms with Crippen molar-refractivity contribution >= 4 is 32.9 Å². The first-order valence-corrected chi connectivity index (χ1v) is 15.4. The number of hydrogen-bond donors (Lipinski definition) is 3. The summed E-state index contributed by atoms with van der Waals surface area (Å²) >= 11 is 0. The molecule has 1 fully saturated rings. The lowest BCUT2D eigenvalue weighted by Crippen LogP contribution is -2.48. The van der Waals surface area contributed by atoms with Crippen LogP contribution in [0.3, 0.4) is 0 Å². The Hall–Kier alpha value is -3.24. The van der Waals surface area contributed by atoms with Crippen LogP contribution in [0.15, 0.2) is 54.6 Å². The third-order valence-electron chi connectivity index (χ3n) is 7.18. The Morgan fingerprint density at radius 2 is 1.77 bits per heavy atom. The van der Waals surface area contributed by atoms with E-state index in [4.69, 9.17) is 0 Å². The topological polar surface area (TPSA) is 124 Å². The van der Waals surface area contributed by atoms with Gasteiger partial charge in [-0.3, -0.25) is 9.59 Å². The van der Waals surface area contributed by atoms with Gasteiger partial charge in [-0.15, -0.1) is 0 Å². The number of aromatic amines is 1. The summed E-state index contributed by atoms with van der Waals surface area (Å²) in [7, 11) is -3.72. The largest absolute Gasteiger partial charge is 0.345 e. The zero-order chi connectivity index (χ0) is 28.0. The second-order valence-electron chi connectivity index (χ2n) is 10.7. The fourth-order valence-electron chi connectivity index (χ4n) is 4.97. The molecule has 2 heterocycles. The summed E-state index contributed by atoms with van der Waals surface area (Å²) in [5.41, 5.74) is 2.72. The number of benzene rings is 2. The predicted octanol–water partition coefficient (Wildman–Crippen LogP) is 4.22. The van der Waals surface area contributed by atoms with Gasteiger partial charge in [0.2, 0.25) is 21.8 Å². The first-order valence-electron chi connectivity index (χ1n) is 13.7. The number of amides is 2. The lowest BCUT2D eigenvalue weighted by molar-refractivity contribution is -0.132. The van der Waals surface area contributed by atoms with Crippen molar-refractivity contribution in [1.29, 1.82) is 0 Å². The summed E-state index contributed by atoms with van der Waals surface area (Å²) < 4.78 is 28.3. The average molecular weight is 554 g/mol. The zero-order valence-corrected chi connectivity index (χ0v) is 23.7. The van der Waals surface area contributed by atoms with Gasteiger partial charge in [-0.2, -0.15) is 0 Å². The van der Waals surface area contributed by atoms with Gasteiger partial charge in [0.1, 0.15) is 11.9 Å². The van der Waals surface area contributed by atoms with Gasteiger partial charge in [0.05, 0.1) is 28.9 Å². The minimum Gasteiger partial charge on any atom is -0.345 e. The molecular formula is C29H39N5O4S. The predicted molar refractivity (Wildman–Crippen MR) is 152 cm³/mol. The van der Waals surface area contributed by atoms with E-state index in [0.29, 0.717) is 18.8 Å². The molecule has 0 bridgehead atoms. The van der Waals surface area contributed by atoms with E-state index in [0.717, 1.165) is 29.4 Å². The molecule has 0 unspecified atom stereocenters. The Balaban J connectivity index is 1.45. The number of aromatic nitrogens is 2. The third-order valence-corrected chi connectivity index (χ3v) is 8.60.